The Hall–Kier alpha value is -2.68. The minimum absolute atomic E-state index is 0.00221. The summed E-state index contributed by atoms with van der Waals surface area (Å²) in [7, 11) is 1.30. The van der Waals surface area contributed by atoms with E-state index in [-0.39, 0.29) is 17.9 Å². The van der Waals surface area contributed by atoms with Crippen LogP contribution in [0.3, 0.4) is 0 Å². The topological polar surface area (TPSA) is 79.5 Å². The van der Waals surface area contributed by atoms with Crippen LogP contribution in [0.25, 0.3) is 0 Å². The van der Waals surface area contributed by atoms with Gasteiger partial charge in [-0.2, -0.15) is 0 Å². The molecule has 0 bridgehead atoms. The molecular formula is C18H16BrF2N3O3. The number of ether oxygens (including phenoxy) is 1. The van der Waals surface area contributed by atoms with Crippen molar-refractivity contribution in [3.8, 4) is 5.75 Å². The first kappa shape index (κ1) is 19.1. The lowest BCUT2D eigenvalue weighted by atomic mass is 9.93. The van der Waals surface area contributed by atoms with Crippen molar-refractivity contribution in [1.29, 1.82) is 0 Å². The average molecular weight is 440 g/mol. The zero-order valence-electron chi connectivity index (χ0n) is 14.2. The molecule has 1 saturated heterocycles. The fourth-order valence-electron chi connectivity index (χ4n) is 2.93. The molecule has 2 aromatic rings. The van der Waals surface area contributed by atoms with E-state index >= 15 is 0 Å². The molecule has 3 N–H and O–H groups in total. The summed E-state index contributed by atoms with van der Waals surface area (Å²) in [6, 6.07) is 7.13. The van der Waals surface area contributed by atoms with Crippen LogP contribution in [0.1, 0.15) is 11.5 Å². The maximum Gasteiger partial charge on any atom is 0.319 e. The number of carbonyl (C=O) groups is 2. The molecule has 1 aliphatic heterocycles. The van der Waals surface area contributed by atoms with E-state index in [0.717, 1.165) is 16.6 Å². The van der Waals surface area contributed by atoms with Crippen molar-refractivity contribution in [3.05, 3.63) is 58.1 Å². The third kappa shape index (κ3) is 4.19. The summed E-state index contributed by atoms with van der Waals surface area (Å²) < 4.78 is 34.4. The van der Waals surface area contributed by atoms with Gasteiger partial charge in [0.15, 0.2) is 0 Å². The molecule has 142 valence electrons. The van der Waals surface area contributed by atoms with E-state index in [1.54, 1.807) is 24.3 Å². The van der Waals surface area contributed by atoms with Gasteiger partial charge in [-0.1, -0.05) is 15.9 Å². The summed E-state index contributed by atoms with van der Waals surface area (Å²) in [4.78, 5) is 24.3. The van der Waals surface area contributed by atoms with Crippen LogP contribution in [0.4, 0.5) is 19.3 Å². The first-order valence-electron chi connectivity index (χ1n) is 8.02. The van der Waals surface area contributed by atoms with Gasteiger partial charge < -0.3 is 20.7 Å². The Morgan fingerprint density at radius 2 is 1.85 bits per heavy atom. The third-order valence-corrected chi connectivity index (χ3v) is 4.76. The summed E-state index contributed by atoms with van der Waals surface area (Å²) in [5.74, 6) is -3.05. The fourth-order valence-corrected chi connectivity index (χ4v) is 3.20. The van der Waals surface area contributed by atoms with Crippen LogP contribution in [0.5, 0.6) is 5.75 Å². The van der Waals surface area contributed by atoms with Crippen molar-refractivity contribution >= 4 is 33.6 Å². The second-order valence-corrected chi connectivity index (χ2v) is 6.86. The Morgan fingerprint density at radius 1 is 1.22 bits per heavy atom. The van der Waals surface area contributed by atoms with E-state index in [2.05, 4.69) is 31.9 Å². The van der Waals surface area contributed by atoms with E-state index in [1.165, 1.54) is 7.11 Å². The minimum atomic E-state index is -1.11. The number of anilines is 1. The molecule has 0 saturated carbocycles. The van der Waals surface area contributed by atoms with E-state index in [9.17, 15) is 18.4 Å². The summed E-state index contributed by atoms with van der Waals surface area (Å²) in [5, 5.41) is 7.59. The standard InChI is InChI=1S/C18H16BrF2N3O3/c1-27-11-6-13(20)15(14(21)7-11)12-8-22-17(25)16(12)24-18(26)23-10-4-2-9(19)3-5-10/h2-7,12,16H,8H2,1H3,(H,22,25)(H2,23,24,26)/t12-,16-/m0/s1. The molecule has 27 heavy (non-hydrogen) atoms. The Balaban J connectivity index is 1.78. The fraction of sp³-hybridized carbons (Fsp3) is 0.222. The van der Waals surface area contributed by atoms with Gasteiger partial charge in [-0.25, -0.2) is 13.6 Å². The molecule has 0 unspecified atom stereocenters. The third-order valence-electron chi connectivity index (χ3n) is 4.23. The molecule has 0 aromatic heterocycles. The van der Waals surface area contributed by atoms with E-state index in [1.807, 2.05) is 0 Å². The van der Waals surface area contributed by atoms with Gasteiger partial charge in [-0.3, -0.25) is 4.79 Å². The lowest BCUT2D eigenvalue weighted by Crippen LogP contribution is -2.45. The highest BCUT2D eigenvalue weighted by molar-refractivity contribution is 9.10. The zero-order chi connectivity index (χ0) is 19.6. The molecule has 9 heteroatoms. The largest absolute Gasteiger partial charge is 0.497 e. The van der Waals surface area contributed by atoms with Gasteiger partial charge in [0.2, 0.25) is 5.91 Å². The van der Waals surface area contributed by atoms with Gasteiger partial charge in [0.25, 0.3) is 0 Å². The van der Waals surface area contributed by atoms with Crippen molar-refractivity contribution in [2.45, 2.75) is 12.0 Å². The summed E-state index contributed by atoms with van der Waals surface area (Å²) in [6.45, 7) is 0.00221. The highest BCUT2D eigenvalue weighted by atomic mass is 79.9. The Bertz CT molecular complexity index is 854. The van der Waals surface area contributed by atoms with Gasteiger partial charge >= 0.3 is 6.03 Å². The van der Waals surface area contributed by atoms with Crippen molar-refractivity contribution in [2.75, 3.05) is 19.0 Å². The predicted molar refractivity (Wildman–Crippen MR) is 98.7 cm³/mol. The van der Waals surface area contributed by atoms with E-state index in [4.69, 9.17) is 4.74 Å². The number of amides is 3. The number of hydrogen-bond donors (Lipinski definition) is 3. The molecule has 1 aliphatic rings. The van der Waals surface area contributed by atoms with Crippen LogP contribution in [0.2, 0.25) is 0 Å². The quantitative estimate of drug-likeness (QED) is 0.684. The molecule has 2 atom stereocenters. The second-order valence-electron chi connectivity index (χ2n) is 5.94. The number of carbonyl (C=O) groups excluding carboxylic acids is 2. The lowest BCUT2D eigenvalue weighted by molar-refractivity contribution is -0.120. The van der Waals surface area contributed by atoms with Gasteiger partial charge in [-0.15, -0.1) is 0 Å². The minimum Gasteiger partial charge on any atom is -0.497 e. The maximum atomic E-state index is 14.4. The smallest absolute Gasteiger partial charge is 0.319 e. The van der Waals surface area contributed by atoms with Crippen molar-refractivity contribution in [3.63, 3.8) is 0 Å². The van der Waals surface area contributed by atoms with Crippen LogP contribution in [-0.4, -0.2) is 31.6 Å². The number of rotatable bonds is 4. The molecule has 0 spiro atoms. The second kappa shape index (κ2) is 7.91. The molecule has 0 radical (unpaired) electrons. The molecule has 3 rings (SSSR count). The predicted octanol–water partition coefficient (Wildman–Crippen LogP) is 3.14. The monoisotopic (exact) mass is 439 g/mol. The number of methoxy groups -OCH3 is 1. The number of benzene rings is 2. The first-order valence-corrected chi connectivity index (χ1v) is 8.82. The van der Waals surface area contributed by atoms with Crippen LogP contribution >= 0.6 is 15.9 Å². The number of urea groups is 1. The molecule has 0 aliphatic carbocycles. The Morgan fingerprint density at radius 3 is 2.44 bits per heavy atom. The Kier molecular flexibility index (Phi) is 5.59. The number of halogens is 3. The summed E-state index contributed by atoms with van der Waals surface area (Å²) in [6.07, 6.45) is 0. The molecule has 6 nitrogen and oxygen atoms in total. The van der Waals surface area contributed by atoms with Crippen molar-refractivity contribution in [1.82, 2.24) is 10.6 Å². The maximum absolute atomic E-state index is 14.4. The molecule has 1 fully saturated rings. The SMILES string of the molecule is COc1cc(F)c([C@@H]2CNC(=O)[C@H]2NC(=O)Nc2ccc(Br)cc2)c(F)c1. The lowest BCUT2D eigenvalue weighted by Gasteiger charge is -2.20. The Labute approximate surface area is 162 Å². The normalized spacial score (nSPS) is 18.7. The van der Waals surface area contributed by atoms with E-state index in [0.29, 0.717) is 5.69 Å². The molecule has 3 amide bonds. The average Bonchev–Trinajstić information content (AvgIpc) is 2.97. The van der Waals surface area contributed by atoms with Crippen LogP contribution in [-0.2, 0) is 4.79 Å². The van der Waals surface area contributed by atoms with Gasteiger partial charge in [-0.05, 0) is 24.3 Å². The zero-order valence-corrected chi connectivity index (χ0v) is 15.8. The number of hydrogen-bond acceptors (Lipinski definition) is 3. The van der Waals surface area contributed by atoms with E-state index < -0.39 is 35.5 Å². The highest BCUT2D eigenvalue weighted by Crippen LogP contribution is 2.31. The first-order chi connectivity index (χ1) is 12.9. The van der Waals surface area contributed by atoms with Crippen LogP contribution < -0.4 is 20.7 Å². The molecule has 2 aromatic carbocycles. The molecular weight excluding hydrogens is 424 g/mol. The highest BCUT2D eigenvalue weighted by Gasteiger charge is 2.40. The van der Waals surface area contributed by atoms with Crippen molar-refractivity contribution in [2.24, 2.45) is 0 Å². The van der Waals surface area contributed by atoms with Gasteiger partial charge in [0, 0.05) is 40.3 Å². The summed E-state index contributed by atoms with van der Waals surface area (Å²) >= 11 is 3.29. The molecule has 1 heterocycles. The number of nitrogens with one attached hydrogen (secondary N) is 3. The van der Waals surface area contributed by atoms with Crippen LogP contribution in [0.15, 0.2) is 40.9 Å². The summed E-state index contributed by atoms with van der Waals surface area (Å²) in [5.41, 5.74) is 0.232. The van der Waals surface area contributed by atoms with Gasteiger partial charge in [0.05, 0.1) is 7.11 Å². The van der Waals surface area contributed by atoms with Crippen LogP contribution in [0, 0.1) is 11.6 Å². The van der Waals surface area contributed by atoms with Crippen molar-refractivity contribution < 1.29 is 23.1 Å². The van der Waals surface area contributed by atoms with Gasteiger partial charge in [0.1, 0.15) is 23.4 Å².